The van der Waals surface area contributed by atoms with E-state index in [4.69, 9.17) is 10.2 Å². The second-order valence-corrected chi connectivity index (χ2v) is 4.86. The molecular formula is C9H16N4OS. The maximum Gasteiger partial charge on any atom is 0.315 e. The molecule has 1 fully saturated rings. The largest absolute Gasteiger partial charge is 0.407 e. The van der Waals surface area contributed by atoms with E-state index in [1.54, 1.807) is 0 Å². The van der Waals surface area contributed by atoms with E-state index in [1.165, 1.54) is 19.3 Å². The normalized spacial score (nSPS) is 25.7. The van der Waals surface area contributed by atoms with Crippen LogP contribution in [-0.4, -0.2) is 27.7 Å². The maximum absolute atomic E-state index is 5.39. The van der Waals surface area contributed by atoms with Gasteiger partial charge in [0.15, 0.2) is 0 Å². The van der Waals surface area contributed by atoms with Crippen molar-refractivity contribution in [2.45, 2.75) is 37.1 Å². The minimum atomic E-state index is 0.298. The molecule has 0 saturated heterocycles. The van der Waals surface area contributed by atoms with Gasteiger partial charge in [-0.05, 0) is 25.5 Å². The first-order valence-electron chi connectivity index (χ1n) is 5.13. The molecule has 6 heteroatoms. The van der Waals surface area contributed by atoms with Gasteiger partial charge in [0.2, 0.25) is 5.89 Å². The van der Waals surface area contributed by atoms with Crippen LogP contribution in [0.3, 0.4) is 0 Å². The Morgan fingerprint density at radius 1 is 1.53 bits per heavy atom. The summed E-state index contributed by atoms with van der Waals surface area (Å²) in [5.74, 6) is 0.483. The quantitative estimate of drug-likeness (QED) is 0.807. The standard InChI is InChI=1S/C9H16N4OS/c1-15-7-3-2-6(4-7)11-9-13-12-8(5-10)14-9/h6-7H,2-5,10H2,1H3,(H,11,13). The van der Waals surface area contributed by atoms with Crippen molar-refractivity contribution in [2.24, 2.45) is 5.73 Å². The fourth-order valence-electron chi connectivity index (χ4n) is 1.85. The summed E-state index contributed by atoms with van der Waals surface area (Å²) >= 11 is 1.93. The van der Waals surface area contributed by atoms with Crippen molar-refractivity contribution < 1.29 is 4.42 Å². The predicted molar refractivity (Wildman–Crippen MR) is 60.8 cm³/mol. The minimum Gasteiger partial charge on any atom is -0.407 e. The summed E-state index contributed by atoms with van der Waals surface area (Å²) in [6.45, 7) is 0.298. The van der Waals surface area contributed by atoms with E-state index < -0.39 is 0 Å². The van der Waals surface area contributed by atoms with Gasteiger partial charge in [0, 0.05) is 11.3 Å². The van der Waals surface area contributed by atoms with E-state index in [9.17, 15) is 0 Å². The molecule has 2 atom stereocenters. The molecule has 1 saturated carbocycles. The highest BCUT2D eigenvalue weighted by Gasteiger charge is 2.24. The first kappa shape index (κ1) is 10.8. The molecule has 1 aliphatic rings. The van der Waals surface area contributed by atoms with Gasteiger partial charge in [-0.3, -0.25) is 0 Å². The van der Waals surface area contributed by atoms with Crippen LogP contribution in [0.2, 0.25) is 0 Å². The number of nitrogens with zero attached hydrogens (tertiary/aromatic N) is 2. The Balaban J connectivity index is 1.87. The van der Waals surface area contributed by atoms with Crippen LogP contribution >= 0.6 is 11.8 Å². The summed E-state index contributed by atoms with van der Waals surface area (Å²) in [6, 6.07) is 0.968. The fourth-order valence-corrected chi connectivity index (χ4v) is 2.65. The van der Waals surface area contributed by atoms with E-state index in [1.807, 2.05) is 11.8 Å². The molecule has 0 amide bonds. The Hall–Kier alpha value is -0.750. The van der Waals surface area contributed by atoms with E-state index in [2.05, 4.69) is 21.8 Å². The molecule has 2 rings (SSSR count). The summed E-state index contributed by atoms with van der Waals surface area (Å²) in [6.07, 6.45) is 5.76. The molecule has 1 aliphatic carbocycles. The molecule has 3 N–H and O–H groups in total. The van der Waals surface area contributed by atoms with Gasteiger partial charge in [0.05, 0.1) is 6.54 Å². The first-order chi connectivity index (χ1) is 7.31. The lowest BCUT2D eigenvalue weighted by atomic mass is 10.3. The molecule has 2 unspecified atom stereocenters. The van der Waals surface area contributed by atoms with Crippen molar-refractivity contribution in [3.8, 4) is 0 Å². The Morgan fingerprint density at radius 3 is 3.00 bits per heavy atom. The summed E-state index contributed by atoms with van der Waals surface area (Å²) in [5, 5.41) is 11.7. The summed E-state index contributed by atoms with van der Waals surface area (Å²) in [4.78, 5) is 0. The number of hydrogen-bond acceptors (Lipinski definition) is 6. The van der Waals surface area contributed by atoms with Crippen LogP contribution in [0.4, 0.5) is 6.01 Å². The minimum absolute atomic E-state index is 0.298. The Kier molecular flexibility index (Phi) is 3.48. The zero-order valence-electron chi connectivity index (χ0n) is 8.77. The van der Waals surface area contributed by atoms with Crippen molar-refractivity contribution in [1.82, 2.24) is 10.2 Å². The fraction of sp³-hybridized carbons (Fsp3) is 0.778. The molecule has 5 nitrogen and oxygen atoms in total. The first-order valence-corrected chi connectivity index (χ1v) is 6.42. The Morgan fingerprint density at radius 2 is 2.40 bits per heavy atom. The highest BCUT2D eigenvalue weighted by Crippen LogP contribution is 2.29. The molecule has 84 valence electrons. The van der Waals surface area contributed by atoms with Gasteiger partial charge in [-0.1, -0.05) is 5.10 Å². The molecule has 1 heterocycles. The number of nitrogens with one attached hydrogen (secondary N) is 1. The van der Waals surface area contributed by atoms with E-state index >= 15 is 0 Å². The van der Waals surface area contributed by atoms with Gasteiger partial charge in [-0.15, -0.1) is 5.10 Å². The summed E-state index contributed by atoms with van der Waals surface area (Å²) < 4.78 is 5.30. The van der Waals surface area contributed by atoms with Crippen molar-refractivity contribution >= 4 is 17.8 Å². The molecular weight excluding hydrogens is 212 g/mol. The third-order valence-corrected chi connectivity index (χ3v) is 3.78. The van der Waals surface area contributed by atoms with Crippen molar-refractivity contribution in [3.63, 3.8) is 0 Å². The number of aromatic nitrogens is 2. The number of nitrogens with two attached hydrogens (primary N) is 1. The van der Waals surface area contributed by atoms with Crippen molar-refractivity contribution in [3.05, 3.63) is 5.89 Å². The van der Waals surface area contributed by atoms with Crippen molar-refractivity contribution in [2.75, 3.05) is 11.6 Å². The van der Waals surface area contributed by atoms with Crippen LogP contribution in [0.1, 0.15) is 25.2 Å². The van der Waals surface area contributed by atoms with Gasteiger partial charge in [0.1, 0.15) is 0 Å². The molecule has 15 heavy (non-hydrogen) atoms. The van der Waals surface area contributed by atoms with E-state index in [0.29, 0.717) is 24.5 Å². The molecule has 0 bridgehead atoms. The topological polar surface area (TPSA) is 77.0 Å². The smallest absolute Gasteiger partial charge is 0.315 e. The van der Waals surface area contributed by atoms with Crippen LogP contribution in [0.15, 0.2) is 4.42 Å². The zero-order chi connectivity index (χ0) is 10.7. The van der Waals surface area contributed by atoms with E-state index in [-0.39, 0.29) is 0 Å². The second kappa shape index (κ2) is 4.85. The zero-order valence-corrected chi connectivity index (χ0v) is 9.59. The van der Waals surface area contributed by atoms with Gasteiger partial charge >= 0.3 is 6.01 Å². The van der Waals surface area contributed by atoms with Gasteiger partial charge < -0.3 is 15.5 Å². The molecule has 0 radical (unpaired) electrons. The van der Waals surface area contributed by atoms with Crippen LogP contribution in [0.25, 0.3) is 0 Å². The van der Waals surface area contributed by atoms with Gasteiger partial charge in [-0.2, -0.15) is 11.8 Å². The molecule has 0 aromatic carbocycles. The van der Waals surface area contributed by atoms with E-state index in [0.717, 1.165) is 5.25 Å². The molecule has 1 aromatic rings. The van der Waals surface area contributed by atoms with Crippen LogP contribution in [0.5, 0.6) is 0 Å². The monoisotopic (exact) mass is 228 g/mol. The third-order valence-electron chi connectivity index (χ3n) is 2.69. The third kappa shape index (κ3) is 2.63. The SMILES string of the molecule is CSC1CCC(Nc2nnc(CN)o2)C1. The van der Waals surface area contributed by atoms with Gasteiger partial charge in [0.25, 0.3) is 0 Å². The Labute approximate surface area is 93.2 Å². The van der Waals surface area contributed by atoms with Crippen LogP contribution in [-0.2, 0) is 6.54 Å². The number of hydrogen-bond donors (Lipinski definition) is 2. The average molecular weight is 228 g/mol. The van der Waals surface area contributed by atoms with Crippen LogP contribution < -0.4 is 11.1 Å². The summed E-state index contributed by atoms with van der Waals surface area (Å²) in [5.41, 5.74) is 5.39. The summed E-state index contributed by atoms with van der Waals surface area (Å²) in [7, 11) is 0. The predicted octanol–water partition coefficient (Wildman–Crippen LogP) is 1.22. The number of rotatable bonds is 4. The Bertz CT molecular complexity index is 317. The van der Waals surface area contributed by atoms with Crippen molar-refractivity contribution in [1.29, 1.82) is 0 Å². The number of thioether (sulfide) groups is 1. The van der Waals surface area contributed by atoms with Gasteiger partial charge in [-0.25, -0.2) is 0 Å². The van der Waals surface area contributed by atoms with Crippen LogP contribution in [0, 0.1) is 0 Å². The number of anilines is 1. The maximum atomic E-state index is 5.39. The molecule has 0 spiro atoms. The average Bonchev–Trinajstić information content (AvgIpc) is 2.87. The molecule has 1 aromatic heterocycles. The lowest BCUT2D eigenvalue weighted by Crippen LogP contribution is -2.16. The molecule has 0 aliphatic heterocycles. The lowest BCUT2D eigenvalue weighted by Gasteiger charge is -2.09. The highest BCUT2D eigenvalue weighted by atomic mass is 32.2. The lowest BCUT2D eigenvalue weighted by molar-refractivity contribution is 0.500. The highest BCUT2D eigenvalue weighted by molar-refractivity contribution is 7.99. The second-order valence-electron chi connectivity index (χ2n) is 3.72.